The van der Waals surface area contributed by atoms with Crippen molar-refractivity contribution in [1.82, 2.24) is 0 Å². The molecule has 2 nitrogen and oxygen atoms in total. The van der Waals surface area contributed by atoms with E-state index in [0.29, 0.717) is 5.56 Å². The molecular formula is C14H11NO. The van der Waals surface area contributed by atoms with Crippen LogP contribution >= 0.6 is 0 Å². The van der Waals surface area contributed by atoms with Gasteiger partial charge >= 0.3 is 0 Å². The normalized spacial score (nSPS) is 9.75. The number of nitrogens with zero attached hydrogens (tertiary/aromatic N) is 1. The van der Waals surface area contributed by atoms with Crippen LogP contribution in [0.4, 0.5) is 0 Å². The summed E-state index contributed by atoms with van der Waals surface area (Å²) < 4.78 is 0. The third-order valence-corrected chi connectivity index (χ3v) is 2.49. The zero-order valence-electron chi connectivity index (χ0n) is 8.72. The highest BCUT2D eigenvalue weighted by atomic mass is 16.3. The molecular weight excluding hydrogens is 198 g/mol. The first-order chi connectivity index (χ1) is 7.85. The summed E-state index contributed by atoms with van der Waals surface area (Å²) in [6, 6.07) is 17.3. The molecule has 0 amide bonds. The van der Waals surface area contributed by atoms with Crippen molar-refractivity contribution < 1.29 is 5.11 Å². The van der Waals surface area contributed by atoms with Crippen LogP contribution in [0, 0.1) is 11.3 Å². The summed E-state index contributed by atoms with van der Waals surface area (Å²) in [6.07, 6.45) is 0. The number of aliphatic hydroxyl groups is 1. The summed E-state index contributed by atoms with van der Waals surface area (Å²) in [4.78, 5) is 0. The van der Waals surface area contributed by atoms with Crippen LogP contribution in [-0.2, 0) is 6.61 Å². The van der Waals surface area contributed by atoms with Crippen LogP contribution in [0.25, 0.3) is 11.1 Å². The molecule has 0 aromatic heterocycles. The van der Waals surface area contributed by atoms with Gasteiger partial charge in [0.2, 0.25) is 0 Å². The first-order valence-electron chi connectivity index (χ1n) is 5.04. The van der Waals surface area contributed by atoms with E-state index in [1.54, 1.807) is 12.1 Å². The van der Waals surface area contributed by atoms with Gasteiger partial charge in [-0.15, -0.1) is 0 Å². The monoisotopic (exact) mass is 209 g/mol. The molecule has 2 rings (SSSR count). The van der Waals surface area contributed by atoms with Crippen molar-refractivity contribution >= 4 is 0 Å². The van der Waals surface area contributed by atoms with Crippen LogP contribution in [-0.4, -0.2) is 5.11 Å². The van der Waals surface area contributed by atoms with E-state index in [2.05, 4.69) is 6.07 Å². The first-order valence-corrected chi connectivity index (χ1v) is 5.04. The number of rotatable bonds is 2. The van der Waals surface area contributed by atoms with Crippen molar-refractivity contribution in [2.24, 2.45) is 0 Å². The summed E-state index contributed by atoms with van der Waals surface area (Å²) in [5.41, 5.74) is 3.38. The Labute approximate surface area is 94.4 Å². The van der Waals surface area contributed by atoms with E-state index in [0.717, 1.165) is 16.7 Å². The molecule has 0 aliphatic rings. The molecule has 78 valence electrons. The van der Waals surface area contributed by atoms with Gasteiger partial charge < -0.3 is 5.11 Å². The molecule has 0 saturated carbocycles. The van der Waals surface area contributed by atoms with Crippen LogP contribution in [0.15, 0.2) is 48.5 Å². The molecule has 0 saturated heterocycles. The van der Waals surface area contributed by atoms with E-state index < -0.39 is 0 Å². The molecule has 0 fully saturated rings. The fourth-order valence-corrected chi connectivity index (χ4v) is 1.69. The van der Waals surface area contributed by atoms with E-state index in [9.17, 15) is 5.11 Å². The van der Waals surface area contributed by atoms with Gasteiger partial charge in [-0.1, -0.05) is 36.4 Å². The number of nitriles is 1. The van der Waals surface area contributed by atoms with Crippen LogP contribution in [0.2, 0.25) is 0 Å². The van der Waals surface area contributed by atoms with Gasteiger partial charge in [0.25, 0.3) is 0 Å². The molecule has 0 unspecified atom stereocenters. The average Bonchev–Trinajstić information content (AvgIpc) is 2.39. The third kappa shape index (κ3) is 1.95. The molecule has 0 aliphatic heterocycles. The Bertz CT molecular complexity index is 526. The SMILES string of the molecule is N#Cc1ccc(-c2ccccc2)c(CO)c1. The summed E-state index contributed by atoms with van der Waals surface area (Å²) in [5.74, 6) is 0. The average molecular weight is 209 g/mol. The quantitative estimate of drug-likeness (QED) is 0.826. The molecule has 16 heavy (non-hydrogen) atoms. The number of aliphatic hydroxyl groups excluding tert-OH is 1. The Morgan fingerprint density at radius 3 is 2.44 bits per heavy atom. The molecule has 0 bridgehead atoms. The predicted octanol–water partition coefficient (Wildman–Crippen LogP) is 2.72. The highest BCUT2D eigenvalue weighted by molar-refractivity contribution is 5.68. The lowest BCUT2D eigenvalue weighted by Crippen LogP contribution is -1.90. The zero-order valence-corrected chi connectivity index (χ0v) is 8.72. The second-order valence-corrected chi connectivity index (χ2v) is 3.51. The van der Waals surface area contributed by atoms with Crippen molar-refractivity contribution in [3.05, 3.63) is 59.7 Å². The van der Waals surface area contributed by atoms with Crippen LogP contribution in [0.1, 0.15) is 11.1 Å². The number of hydrogen-bond donors (Lipinski definition) is 1. The van der Waals surface area contributed by atoms with Crippen molar-refractivity contribution in [2.45, 2.75) is 6.61 Å². The smallest absolute Gasteiger partial charge is 0.0991 e. The van der Waals surface area contributed by atoms with Gasteiger partial charge in [-0.3, -0.25) is 0 Å². The highest BCUT2D eigenvalue weighted by Gasteiger charge is 2.04. The largest absolute Gasteiger partial charge is 0.392 e. The molecule has 0 spiro atoms. The van der Waals surface area contributed by atoms with Crippen LogP contribution in [0.3, 0.4) is 0 Å². The van der Waals surface area contributed by atoms with Gasteiger partial charge in [0, 0.05) is 0 Å². The summed E-state index contributed by atoms with van der Waals surface area (Å²) in [7, 11) is 0. The topological polar surface area (TPSA) is 44.0 Å². The van der Waals surface area contributed by atoms with Gasteiger partial charge in [-0.05, 0) is 28.8 Å². The van der Waals surface area contributed by atoms with Gasteiger partial charge in [-0.2, -0.15) is 5.26 Å². The summed E-state index contributed by atoms with van der Waals surface area (Å²) in [6.45, 7) is -0.0558. The van der Waals surface area contributed by atoms with Crippen LogP contribution in [0.5, 0.6) is 0 Å². The minimum Gasteiger partial charge on any atom is -0.392 e. The third-order valence-electron chi connectivity index (χ3n) is 2.49. The van der Waals surface area contributed by atoms with Gasteiger partial charge in [-0.25, -0.2) is 0 Å². The second-order valence-electron chi connectivity index (χ2n) is 3.51. The Kier molecular flexibility index (Phi) is 3.00. The Hall–Kier alpha value is -2.11. The van der Waals surface area contributed by atoms with Gasteiger partial charge in [0.05, 0.1) is 18.2 Å². The van der Waals surface area contributed by atoms with Crippen molar-refractivity contribution in [1.29, 1.82) is 5.26 Å². The predicted molar refractivity (Wildman–Crippen MR) is 62.5 cm³/mol. The lowest BCUT2D eigenvalue weighted by molar-refractivity contribution is 0.282. The van der Waals surface area contributed by atoms with E-state index in [1.807, 2.05) is 36.4 Å². The zero-order chi connectivity index (χ0) is 11.4. The van der Waals surface area contributed by atoms with Crippen molar-refractivity contribution in [3.63, 3.8) is 0 Å². The highest BCUT2D eigenvalue weighted by Crippen LogP contribution is 2.24. The van der Waals surface area contributed by atoms with Gasteiger partial charge in [0.15, 0.2) is 0 Å². The van der Waals surface area contributed by atoms with Crippen molar-refractivity contribution in [3.8, 4) is 17.2 Å². The van der Waals surface area contributed by atoms with Crippen LogP contribution < -0.4 is 0 Å². The molecule has 0 aliphatic carbocycles. The fourth-order valence-electron chi connectivity index (χ4n) is 1.69. The minimum absolute atomic E-state index is 0.0558. The molecule has 2 aromatic carbocycles. The van der Waals surface area contributed by atoms with E-state index >= 15 is 0 Å². The number of hydrogen-bond acceptors (Lipinski definition) is 2. The summed E-state index contributed by atoms with van der Waals surface area (Å²) in [5, 5.41) is 18.1. The van der Waals surface area contributed by atoms with Crippen molar-refractivity contribution in [2.75, 3.05) is 0 Å². The molecule has 0 atom stereocenters. The maximum atomic E-state index is 9.29. The fraction of sp³-hybridized carbons (Fsp3) is 0.0714. The second kappa shape index (κ2) is 4.61. The van der Waals surface area contributed by atoms with E-state index in [4.69, 9.17) is 5.26 Å². The molecule has 2 heteroatoms. The van der Waals surface area contributed by atoms with E-state index in [-0.39, 0.29) is 6.61 Å². The maximum absolute atomic E-state index is 9.29. The molecule has 0 heterocycles. The van der Waals surface area contributed by atoms with E-state index in [1.165, 1.54) is 0 Å². The minimum atomic E-state index is -0.0558. The number of benzene rings is 2. The lowest BCUT2D eigenvalue weighted by Gasteiger charge is -2.07. The van der Waals surface area contributed by atoms with Gasteiger partial charge in [0.1, 0.15) is 0 Å². The molecule has 1 N–H and O–H groups in total. The molecule has 2 aromatic rings. The molecule has 0 radical (unpaired) electrons. The Morgan fingerprint density at radius 2 is 1.81 bits per heavy atom. The maximum Gasteiger partial charge on any atom is 0.0991 e. The Morgan fingerprint density at radius 1 is 1.06 bits per heavy atom. The standard InChI is InChI=1S/C14H11NO/c15-9-11-6-7-14(13(8-11)10-16)12-4-2-1-3-5-12/h1-8,16H,10H2. The summed E-state index contributed by atoms with van der Waals surface area (Å²) >= 11 is 0. The first kappa shape index (κ1) is 10.4. The lowest BCUT2D eigenvalue weighted by atomic mass is 9.98. The Balaban J connectivity index is 2.54.